The van der Waals surface area contributed by atoms with Gasteiger partial charge in [-0.25, -0.2) is 4.98 Å². The van der Waals surface area contributed by atoms with Gasteiger partial charge < -0.3 is 10.6 Å². The Morgan fingerprint density at radius 1 is 1.18 bits per heavy atom. The van der Waals surface area contributed by atoms with Gasteiger partial charge in [0.05, 0.1) is 21.7 Å². The highest BCUT2D eigenvalue weighted by molar-refractivity contribution is 7.19. The number of piperidine rings is 1. The number of hydrogen-bond donors (Lipinski definition) is 2. The number of amides is 2. The number of anilines is 1. The molecule has 0 aliphatic carbocycles. The molecule has 2 amide bonds. The molecule has 0 spiro atoms. The summed E-state index contributed by atoms with van der Waals surface area (Å²) < 4.78 is 0. The summed E-state index contributed by atoms with van der Waals surface area (Å²) in [6.07, 6.45) is 2.52. The Morgan fingerprint density at radius 3 is 2.64 bits per heavy atom. The molecule has 2 N–H and O–H groups in total. The second-order valence-corrected chi connectivity index (χ2v) is 7.83. The zero-order valence-corrected chi connectivity index (χ0v) is 16.3. The molecule has 7 heteroatoms. The summed E-state index contributed by atoms with van der Waals surface area (Å²) in [6, 6.07) is 15.3. The number of thiazole rings is 1. The van der Waals surface area contributed by atoms with Gasteiger partial charge in [0.2, 0.25) is 11.8 Å². The molecular formula is C21H20N4O2S. The summed E-state index contributed by atoms with van der Waals surface area (Å²) in [5.74, 6) is -0.179. The van der Waals surface area contributed by atoms with Crippen LogP contribution in [0.3, 0.4) is 0 Å². The average molecular weight is 392 g/mol. The lowest BCUT2D eigenvalue weighted by Gasteiger charge is -2.36. The molecule has 28 heavy (non-hydrogen) atoms. The Bertz CT molecular complexity index is 992. The number of carbonyl (C=O) groups excluding carboxylic acids is 2. The van der Waals surface area contributed by atoms with Crippen LogP contribution in [0.2, 0.25) is 0 Å². The van der Waals surface area contributed by atoms with E-state index in [1.807, 2.05) is 55.5 Å². The number of rotatable bonds is 4. The topological polar surface area (TPSA) is 84.0 Å². The second-order valence-electron chi connectivity index (χ2n) is 6.83. The summed E-state index contributed by atoms with van der Waals surface area (Å²) in [5, 5.41) is 6.38. The lowest BCUT2D eigenvalue weighted by Crippen LogP contribution is -2.53. The summed E-state index contributed by atoms with van der Waals surface area (Å²) in [6.45, 7) is 2.18. The van der Waals surface area contributed by atoms with Gasteiger partial charge in [0.25, 0.3) is 0 Å². The third-order valence-electron chi connectivity index (χ3n) is 5.04. The first-order valence-corrected chi connectivity index (χ1v) is 9.93. The SMILES string of the molecule is Cc1nc(NC(=O)C2(c3ccccc3)CCC(=O)NC2)sc1-c1ccccn1. The van der Waals surface area contributed by atoms with Crippen LogP contribution in [0.15, 0.2) is 54.7 Å². The van der Waals surface area contributed by atoms with Crippen molar-refractivity contribution in [2.75, 3.05) is 11.9 Å². The van der Waals surface area contributed by atoms with Crippen molar-refractivity contribution in [3.8, 4) is 10.6 Å². The predicted octanol–water partition coefficient (Wildman–Crippen LogP) is 3.30. The third kappa shape index (κ3) is 3.41. The standard InChI is InChI=1S/C21H20N4O2S/c1-14-18(16-9-5-6-12-22-16)28-20(24-14)25-19(27)21(11-10-17(26)23-13-21)15-7-3-2-4-8-15/h2-9,12H,10-11,13H2,1H3,(H,23,26)(H,24,25,27). The summed E-state index contributed by atoms with van der Waals surface area (Å²) >= 11 is 1.41. The molecule has 1 aliphatic heterocycles. The molecule has 1 aliphatic rings. The Morgan fingerprint density at radius 2 is 1.96 bits per heavy atom. The predicted molar refractivity (Wildman–Crippen MR) is 109 cm³/mol. The molecule has 0 bridgehead atoms. The molecule has 1 fully saturated rings. The van der Waals surface area contributed by atoms with E-state index in [4.69, 9.17) is 0 Å². The molecule has 3 heterocycles. The van der Waals surface area contributed by atoms with Crippen molar-refractivity contribution in [2.45, 2.75) is 25.2 Å². The van der Waals surface area contributed by atoms with Gasteiger partial charge in [0, 0.05) is 19.2 Å². The number of nitrogens with one attached hydrogen (secondary N) is 2. The zero-order valence-electron chi connectivity index (χ0n) is 15.4. The van der Waals surface area contributed by atoms with Crippen molar-refractivity contribution in [3.63, 3.8) is 0 Å². The Balaban J connectivity index is 1.63. The maximum Gasteiger partial charge on any atom is 0.238 e. The first kappa shape index (κ1) is 18.3. The fourth-order valence-electron chi connectivity index (χ4n) is 3.48. The van der Waals surface area contributed by atoms with Crippen LogP contribution in [0.4, 0.5) is 5.13 Å². The van der Waals surface area contributed by atoms with Crippen LogP contribution in [0.5, 0.6) is 0 Å². The van der Waals surface area contributed by atoms with Crippen molar-refractivity contribution in [1.29, 1.82) is 0 Å². The van der Waals surface area contributed by atoms with Crippen LogP contribution < -0.4 is 10.6 Å². The van der Waals surface area contributed by atoms with Crippen molar-refractivity contribution in [3.05, 3.63) is 66.0 Å². The van der Waals surface area contributed by atoms with Gasteiger partial charge in [-0.05, 0) is 31.0 Å². The van der Waals surface area contributed by atoms with Crippen LogP contribution in [0.1, 0.15) is 24.1 Å². The number of aryl methyl sites for hydroxylation is 1. The van der Waals surface area contributed by atoms with Crippen LogP contribution >= 0.6 is 11.3 Å². The molecule has 6 nitrogen and oxygen atoms in total. The van der Waals surface area contributed by atoms with Gasteiger partial charge in [-0.3, -0.25) is 14.6 Å². The van der Waals surface area contributed by atoms with E-state index in [1.165, 1.54) is 11.3 Å². The van der Waals surface area contributed by atoms with Crippen LogP contribution in [0.25, 0.3) is 10.6 Å². The first-order chi connectivity index (χ1) is 13.6. The second kappa shape index (κ2) is 7.52. The molecule has 0 radical (unpaired) electrons. The number of pyridine rings is 1. The average Bonchev–Trinajstić information content (AvgIpc) is 3.10. The monoisotopic (exact) mass is 392 g/mol. The molecule has 2 aromatic heterocycles. The normalized spacial score (nSPS) is 19.1. The molecule has 1 saturated heterocycles. The maximum absolute atomic E-state index is 13.3. The van der Waals surface area contributed by atoms with E-state index in [0.717, 1.165) is 21.8 Å². The highest BCUT2D eigenvalue weighted by Gasteiger charge is 2.43. The van der Waals surface area contributed by atoms with Gasteiger partial charge in [0.1, 0.15) is 0 Å². The molecule has 1 unspecified atom stereocenters. The minimum absolute atomic E-state index is 0.0260. The summed E-state index contributed by atoms with van der Waals surface area (Å²) in [5.41, 5.74) is 1.75. The Hall–Kier alpha value is -3.06. The van der Waals surface area contributed by atoms with Gasteiger partial charge in [-0.2, -0.15) is 0 Å². The third-order valence-corrected chi connectivity index (χ3v) is 6.14. The smallest absolute Gasteiger partial charge is 0.238 e. The van der Waals surface area contributed by atoms with E-state index in [-0.39, 0.29) is 18.4 Å². The van der Waals surface area contributed by atoms with E-state index >= 15 is 0 Å². The fourth-order valence-corrected chi connectivity index (χ4v) is 4.42. The largest absolute Gasteiger partial charge is 0.355 e. The first-order valence-electron chi connectivity index (χ1n) is 9.11. The van der Waals surface area contributed by atoms with Crippen molar-refractivity contribution < 1.29 is 9.59 Å². The molecule has 142 valence electrons. The number of nitrogens with zero attached hydrogens (tertiary/aromatic N) is 2. The number of hydrogen-bond acceptors (Lipinski definition) is 5. The highest BCUT2D eigenvalue weighted by atomic mass is 32.1. The van der Waals surface area contributed by atoms with Gasteiger partial charge in [-0.15, -0.1) is 0 Å². The minimum Gasteiger partial charge on any atom is -0.355 e. The molecular weight excluding hydrogens is 372 g/mol. The molecule has 1 aromatic carbocycles. The quantitative estimate of drug-likeness (QED) is 0.714. The minimum atomic E-state index is -0.806. The van der Waals surface area contributed by atoms with E-state index < -0.39 is 5.41 Å². The van der Waals surface area contributed by atoms with Crippen LogP contribution in [-0.4, -0.2) is 28.3 Å². The zero-order chi connectivity index (χ0) is 19.6. The maximum atomic E-state index is 13.3. The molecule has 1 atom stereocenters. The highest BCUT2D eigenvalue weighted by Crippen LogP contribution is 2.35. The van der Waals surface area contributed by atoms with E-state index in [0.29, 0.717) is 18.0 Å². The summed E-state index contributed by atoms with van der Waals surface area (Å²) in [4.78, 5) is 34.9. The van der Waals surface area contributed by atoms with Crippen LogP contribution in [-0.2, 0) is 15.0 Å². The lowest BCUT2D eigenvalue weighted by atomic mass is 9.74. The van der Waals surface area contributed by atoms with Crippen molar-refractivity contribution in [1.82, 2.24) is 15.3 Å². The fraction of sp³-hybridized carbons (Fsp3) is 0.238. The van der Waals surface area contributed by atoms with E-state index in [9.17, 15) is 9.59 Å². The van der Waals surface area contributed by atoms with E-state index in [1.54, 1.807) is 6.20 Å². The number of aromatic nitrogens is 2. The molecule has 0 saturated carbocycles. The van der Waals surface area contributed by atoms with Crippen molar-refractivity contribution in [2.24, 2.45) is 0 Å². The summed E-state index contributed by atoms with van der Waals surface area (Å²) in [7, 11) is 0. The van der Waals surface area contributed by atoms with E-state index in [2.05, 4.69) is 20.6 Å². The van der Waals surface area contributed by atoms with Gasteiger partial charge >= 0.3 is 0 Å². The number of carbonyl (C=O) groups is 2. The van der Waals surface area contributed by atoms with Gasteiger partial charge in [0.15, 0.2) is 5.13 Å². The number of benzene rings is 1. The van der Waals surface area contributed by atoms with Gasteiger partial charge in [-0.1, -0.05) is 47.7 Å². The molecule has 3 aromatic rings. The Labute approximate surface area is 167 Å². The molecule has 4 rings (SSSR count). The van der Waals surface area contributed by atoms with Crippen LogP contribution in [0, 0.1) is 6.92 Å². The van der Waals surface area contributed by atoms with Crippen molar-refractivity contribution >= 4 is 28.3 Å². The lowest BCUT2D eigenvalue weighted by molar-refractivity contribution is -0.127. The Kier molecular flexibility index (Phi) is 4.92.